The van der Waals surface area contributed by atoms with Gasteiger partial charge in [0, 0.05) is 5.75 Å². The van der Waals surface area contributed by atoms with Crippen LogP contribution in [0.3, 0.4) is 0 Å². The van der Waals surface area contributed by atoms with Crippen molar-refractivity contribution < 1.29 is 33.4 Å². The Balaban J connectivity index is 1.36. The molecule has 210 valence electrons. The van der Waals surface area contributed by atoms with Crippen molar-refractivity contribution in [3.05, 3.63) is 113 Å². The number of hydrogen-bond donors (Lipinski definition) is 1. The molecule has 0 unspecified atom stereocenters. The minimum Gasteiger partial charge on any atom is -0.484 e. The van der Waals surface area contributed by atoms with E-state index in [1.807, 2.05) is 66.7 Å². The molecule has 0 bridgehead atoms. The van der Waals surface area contributed by atoms with Gasteiger partial charge in [-0.25, -0.2) is 4.79 Å². The average Bonchev–Trinajstić information content (AvgIpc) is 3.02. The molecule has 1 saturated heterocycles. The topological polar surface area (TPSA) is 111 Å². The summed E-state index contributed by atoms with van der Waals surface area (Å²) in [5.41, 5.74) is 1.94. The number of thioether (sulfide) groups is 1. The number of nitrogens with one attached hydrogen (secondary N) is 1. The second-order valence-corrected chi connectivity index (χ2v) is 10.5. The summed E-state index contributed by atoms with van der Waals surface area (Å²) in [6.07, 6.45) is -0.917. The van der Waals surface area contributed by atoms with Crippen molar-refractivity contribution in [2.75, 3.05) is 19.5 Å². The Kier molecular flexibility index (Phi) is 8.69. The van der Waals surface area contributed by atoms with Crippen LogP contribution in [0.1, 0.15) is 23.7 Å². The molecular weight excluding hydrogens is 544 g/mol. The van der Waals surface area contributed by atoms with Gasteiger partial charge in [-0.05, 0) is 28.8 Å². The standard InChI is InChI=1S/C31H28N2O7S/c1-38-25(35)17-22-19-41-30-26(32-24(34)18-39-23-15-9-4-10-16-23)29(36)33(30)27(22)31(37)40-28(20-11-5-2-6-12-20)21-13-7-3-8-14-21/h2-16,26,28,30H,17-19H2,1H3,(H,32,34)/t26-,30-/m1/s1. The second kappa shape index (κ2) is 12.7. The normalized spacial score (nSPS) is 17.8. The zero-order valence-electron chi connectivity index (χ0n) is 22.2. The molecule has 5 rings (SSSR count). The van der Waals surface area contributed by atoms with Crippen LogP contribution in [-0.4, -0.2) is 59.5 Å². The van der Waals surface area contributed by atoms with E-state index in [4.69, 9.17) is 14.2 Å². The van der Waals surface area contributed by atoms with E-state index in [1.54, 1.807) is 24.3 Å². The smallest absolute Gasteiger partial charge is 0.356 e. The first kappa shape index (κ1) is 28.0. The fourth-order valence-electron chi connectivity index (χ4n) is 4.68. The van der Waals surface area contributed by atoms with Gasteiger partial charge in [-0.1, -0.05) is 78.9 Å². The third kappa shape index (κ3) is 6.28. The lowest BCUT2D eigenvalue weighted by Crippen LogP contribution is -2.71. The van der Waals surface area contributed by atoms with Gasteiger partial charge in [-0.2, -0.15) is 0 Å². The number of esters is 2. The van der Waals surface area contributed by atoms with Gasteiger partial charge in [0.05, 0.1) is 13.5 Å². The summed E-state index contributed by atoms with van der Waals surface area (Å²) in [5.74, 6) is -1.40. The van der Waals surface area contributed by atoms with Crippen LogP contribution in [-0.2, 0) is 28.7 Å². The van der Waals surface area contributed by atoms with Crippen molar-refractivity contribution in [1.82, 2.24) is 10.2 Å². The van der Waals surface area contributed by atoms with Gasteiger partial charge in [-0.15, -0.1) is 11.8 Å². The van der Waals surface area contributed by atoms with E-state index >= 15 is 0 Å². The van der Waals surface area contributed by atoms with E-state index in [1.165, 1.54) is 23.8 Å². The highest BCUT2D eigenvalue weighted by molar-refractivity contribution is 8.00. The molecule has 2 aliphatic heterocycles. The Labute approximate surface area is 241 Å². The van der Waals surface area contributed by atoms with Crippen molar-refractivity contribution in [2.45, 2.75) is 23.9 Å². The maximum Gasteiger partial charge on any atom is 0.356 e. The van der Waals surface area contributed by atoms with E-state index in [0.717, 1.165) is 11.1 Å². The molecule has 2 aliphatic rings. The van der Waals surface area contributed by atoms with Crippen LogP contribution in [0, 0.1) is 0 Å². The Morgan fingerprint density at radius 1 is 0.927 bits per heavy atom. The lowest BCUT2D eigenvalue weighted by molar-refractivity contribution is -0.155. The highest BCUT2D eigenvalue weighted by Gasteiger charge is 2.54. The number of amides is 2. The summed E-state index contributed by atoms with van der Waals surface area (Å²) in [6, 6.07) is 26.6. The first-order chi connectivity index (χ1) is 20.0. The summed E-state index contributed by atoms with van der Waals surface area (Å²) in [6.45, 7) is -0.265. The second-order valence-electron chi connectivity index (χ2n) is 9.37. The highest BCUT2D eigenvalue weighted by Crippen LogP contribution is 2.42. The van der Waals surface area contributed by atoms with Gasteiger partial charge in [0.1, 0.15) is 22.9 Å². The highest BCUT2D eigenvalue weighted by atomic mass is 32.2. The van der Waals surface area contributed by atoms with E-state index in [2.05, 4.69) is 5.32 Å². The van der Waals surface area contributed by atoms with Crippen molar-refractivity contribution >= 4 is 35.5 Å². The van der Waals surface area contributed by atoms with Crippen LogP contribution < -0.4 is 10.1 Å². The SMILES string of the molecule is COC(=O)CC1=C(C(=O)OC(c2ccccc2)c2ccccc2)N2C(=O)[C@@H](NC(=O)COc3ccccc3)[C@H]2SC1. The maximum absolute atomic E-state index is 13.8. The molecule has 9 nitrogen and oxygen atoms in total. The number of methoxy groups -OCH3 is 1. The molecule has 0 saturated carbocycles. The Bertz CT molecular complexity index is 1410. The number of para-hydroxylation sites is 1. The van der Waals surface area contributed by atoms with Crippen LogP contribution in [0.15, 0.2) is 102 Å². The van der Waals surface area contributed by atoms with Crippen LogP contribution in [0.5, 0.6) is 5.75 Å². The van der Waals surface area contributed by atoms with Gasteiger partial charge >= 0.3 is 11.9 Å². The van der Waals surface area contributed by atoms with Crippen LogP contribution >= 0.6 is 11.8 Å². The van der Waals surface area contributed by atoms with Gasteiger partial charge < -0.3 is 19.5 Å². The van der Waals surface area contributed by atoms with E-state index in [-0.39, 0.29) is 24.5 Å². The number of rotatable bonds is 10. The summed E-state index contributed by atoms with van der Waals surface area (Å²) >= 11 is 1.35. The van der Waals surface area contributed by atoms with Crippen LogP contribution in [0.4, 0.5) is 0 Å². The molecule has 3 aromatic carbocycles. The number of benzene rings is 3. The molecule has 0 radical (unpaired) electrons. The number of carbonyl (C=O) groups is 4. The van der Waals surface area contributed by atoms with E-state index < -0.39 is 41.3 Å². The maximum atomic E-state index is 13.8. The predicted molar refractivity (Wildman–Crippen MR) is 151 cm³/mol. The lowest BCUT2D eigenvalue weighted by atomic mass is 10.00. The van der Waals surface area contributed by atoms with Gasteiger partial charge in [0.2, 0.25) is 0 Å². The van der Waals surface area contributed by atoms with E-state index in [9.17, 15) is 19.2 Å². The number of carbonyl (C=O) groups excluding carboxylic acids is 4. The summed E-state index contributed by atoms with van der Waals surface area (Å²) in [4.78, 5) is 53.3. The largest absolute Gasteiger partial charge is 0.484 e. The fourth-order valence-corrected chi connectivity index (χ4v) is 6.03. The molecule has 41 heavy (non-hydrogen) atoms. The summed E-state index contributed by atoms with van der Waals surface area (Å²) < 4.78 is 16.4. The molecule has 1 fully saturated rings. The van der Waals surface area contributed by atoms with Crippen molar-refractivity contribution in [3.8, 4) is 5.75 Å². The number of nitrogens with zero attached hydrogens (tertiary/aromatic N) is 1. The Hall–Kier alpha value is -4.57. The fraction of sp³-hybridized carbons (Fsp3) is 0.226. The molecule has 3 aromatic rings. The first-order valence-electron chi connectivity index (χ1n) is 13.0. The third-order valence-corrected chi connectivity index (χ3v) is 8.02. The van der Waals surface area contributed by atoms with Crippen LogP contribution in [0.25, 0.3) is 0 Å². The van der Waals surface area contributed by atoms with Gasteiger partial charge in [-0.3, -0.25) is 19.3 Å². The molecule has 2 heterocycles. The first-order valence-corrected chi connectivity index (χ1v) is 14.0. The number of fused-ring (bicyclic) bond motifs is 1. The average molecular weight is 573 g/mol. The molecule has 10 heteroatoms. The van der Waals surface area contributed by atoms with Crippen molar-refractivity contribution in [1.29, 1.82) is 0 Å². The Morgan fingerprint density at radius 3 is 2.10 bits per heavy atom. The molecular formula is C31H28N2O7S. The van der Waals surface area contributed by atoms with Crippen molar-refractivity contribution in [2.24, 2.45) is 0 Å². The lowest BCUT2D eigenvalue weighted by Gasteiger charge is -2.49. The van der Waals surface area contributed by atoms with Crippen LogP contribution in [0.2, 0.25) is 0 Å². The van der Waals surface area contributed by atoms with Crippen molar-refractivity contribution in [3.63, 3.8) is 0 Å². The monoisotopic (exact) mass is 572 g/mol. The van der Waals surface area contributed by atoms with Gasteiger partial charge in [0.25, 0.3) is 11.8 Å². The summed E-state index contributed by atoms with van der Waals surface area (Å²) in [7, 11) is 1.26. The quantitative estimate of drug-likeness (QED) is 0.290. The molecule has 0 aromatic heterocycles. The number of hydrogen-bond acceptors (Lipinski definition) is 8. The minimum atomic E-state index is -0.853. The minimum absolute atomic E-state index is 0.00652. The van der Waals surface area contributed by atoms with E-state index in [0.29, 0.717) is 11.3 Å². The molecule has 2 amide bonds. The molecule has 1 N–H and O–H groups in total. The third-order valence-electron chi connectivity index (χ3n) is 6.69. The Morgan fingerprint density at radius 2 is 1.51 bits per heavy atom. The molecule has 0 spiro atoms. The molecule has 0 aliphatic carbocycles. The van der Waals surface area contributed by atoms with Gasteiger partial charge in [0.15, 0.2) is 12.7 Å². The number of ether oxygens (including phenoxy) is 3. The number of β-lactam (4-membered cyclic amide) rings is 1. The molecule has 2 atom stereocenters. The summed E-state index contributed by atoms with van der Waals surface area (Å²) in [5, 5.41) is 2.17. The predicted octanol–water partition coefficient (Wildman–Crippen LogP) is 3.62. The zero-order chi connectivity index (χ0) is 28.8. The zero-order valence-corrected chi connectivity index (χ0v) is 23.0.